The molecular weight excluding hydrogens is 330 g/mol. The zero-order chi connectivity index (χ0) is 17.3. The Balaban J connectivity index is 1.99. The molecule has 1 aliphatic rings. The topological polar surface area (TPSA) is 81.7 Å². The summed E-state index contributed by atoms with van der Waals surface area (Å²) in [6.45, 7) is 0. The van der Waals surface area contributed by atoms with E-state index in [9.17, 15) is 13.2 Å². The lowest BCUT2D eigenvalue weighted by Crippen LogP contribution is -2.08. The van der Waals surface area contributed by atoms with E-state index in [1.54, 1.807) is 30.3 Å². The van der Waals surface area contributed by atoms with Gasteiger partial charge in [0, 0.05) is 5.69 Å². The first kappa shape index (κ1) is 16.3. The molecule has 24 heavy (non-hydrogen) atoms. The molecule has 2 aromatic carbocycles. The van der Waals surface area contributed by atoms with Crippen LogP contribution in [0.15, 0.2) is 41.3 Å². The van der Waals surface area contributed by atoms with E-state index in [0.29, 0.717) is 28.3 Å². The van der Waals surface area contributed by atoms with Crippen molar-refractivity contribution in [3.63, 3.8) is 0 Å². The van der Waals surface area contributed by atoms with Gasteiger partial charge in [0.2, 0.25) is 5.91 Å². The lowest BCUT2D eigenvalue weighted by atomic mass is 10.2. The first-order chi connectivity index (χ1) is 11.4. The molecule has 0 atom stereocenters. The Morgan fingerprint density at radius 3 is 2.38 bits per heavy atom. The Hall–Kier alpha value is -2.54. The number of carbonyl (C=O) groups is 1. The van der Waals surface area contributed by atoms with Gasteiger partial charge in [-0.1, -0.05) is 6.07 Å². The van der Waals surface area contributed by atoms with Gasteiger partial charge < -0.3 is 14.8 Å². The maximum atomic E-state index is 12.8. The number of sulfone groups is 1. The van der Waals surface area contributed by atoms with Crippen LogP contribution in [0, 0.1) is 0 Å². The summed E-state index contributed by atoms with van der Waals surface area (Å²) in [6, 6.07) is 9.79. The van der Waals surface area contributed by atoms with Crippen molar-refractivity contribution in [1.29, 1.82) is 0 Å². The second-order valence-corrected chi connectivity index (χ2v) is 7.43. The molecule has 1 heterocycles. The Kier molecular flexibility index (Phi) is 4.19. The second-order valence-electron chi connectivity index (χ2n) is 5.44. The molecule has 0 aliphatic carbocycles. The summed E-state index contributed by atoms with van der Waals surface area (Å²) in [6.07, 6.45) is 0.191. The summed E-state index contributed by atoms with van der Waals surface area (Å²) in [5.74, 6) is 0.526. The van der Waals surface area contributed by atoms with E-state index < -0.39 is 9.84 Å². The monoisotopic (exact) mass is 347 g/mol. The van der Waals surface area contributed by atoms with E-state index in [1.165, 1.54) is 20.3 Å². The van der Waals surface area contributed by atoms with Gasteiger partial charge in [0.15, 0.2) is 9.84 Å². The molecular formula is C17H17NO5S. The lowest BCUT2D eigenvalue weighted by molar-refractivity contribution is -0.115. The van der Waals surface area contributed by atoms with Crippen LogP contribution in [0.25, 0.3) is 0 Å². The third kappa shape index (κ3) is 2.94. The third-order valence-electron chi connectivity index (χ3n) is 3.93. The summed E-state index contributed by atoms with van der Waals surface area (Å²) in [5, 5.41) is 2.69. The third-order valence-corrected chi connectivity index (χ3v) is 5.57. The van der Waals surface area contributed by atoms with Crippen LogP contribution in [0.1, 0.15) is 11.1 Å². The van der Waals surface area contributed by atoms with Crippen LogP contribution < -0.4 is 14.8 Å². The number of hydrogen-bond acceptors (Lipinski definition) is 5. The minimum atomic E-state index is -3.62. The van der Waals surface area contributed by atoms with Crippen LogP contribution >= 0.6 is 0 Å². The van der Waals surface area contributed by atoms with Gasteiger partial charge in [-0.05, 0) is 35.9 Å². The highest BCUT2D eigenvalue weighted by molar-refractivity contribution is 7.90. The number of nitrogens with one attached hydrogen (secondary N) is 1. The van der Waals surface area contributed by atoms with Gasteiger partial charge in [-0.25, -0.2) is 8.42 Å². The van der Waals surface area contributed by atoms with Crippen molar-refractivity contribution in [2.24, 2.45) is 0 Å². The number of ether oxygens (including phenoxy) is 2. The molecule has 0 fully saturated rings. The van der Waals surface area contributed by atoms with Gasteiger partial charge in [0.05, 0.1) is 36.9 Å². The van der Waals surface area contributed by atoms with Crippen molar-refractivity contribution >= 4 is 21.4 Å². The predicted molar refractivity (Wildman–Crippen MR) is 89.2 cm³/mol. The number of rotatable bonds is 5. The largest absolute Gasteiger partial charge is 0.496 e. The maximum Gasteiger partial charge on any atom is 0.228 e. The van der Waals surface area contributed by atoms with Crippen molar-refractivity contribution in [3.05, 3.63) is 47.5 Å². The van der Waals surface area contributed by atoms with E-state index in [4.69, 9.17) is 9.47 Å². The highest BCUT2D eigenvalue weighted by atomic mass is 32.2. The molecule has 0 spiro atoms. The fourth-order valence-electron chi connectivity index (χ4n) is 2.74. The summed E-state index contributed by atoms with van der Waals surface area (Å²) < 4.78 is 36.1. The number of hydrogen-bond donors (Lipinski definition) is 1. The van der Waals surface area contributed by atoms with Crippen molar-refractivity contribution in [3.8, 4) is 11.5 Å². The average Bonchev–Trinajstić information content (AvgIpc) is 2.93. The molecule has 6 nitrogen and oxygen atoms in total. The summed E-state index contributed by atoms with van der Waals surface area (Å²) in [7, 11) is -0.649. The molecule has 3 rings (SSSR count). The van der Waals surface area contributed by atoms with Gasteiger partial charge in [0.1, 0.15) is 11.5 Å². The molecule has 1 amide bonds. The van der Waals surface area contributed by atoms with Crippen LogP contribution in [0.3, 0.4) is 0 Å². The fourth-order valence-corrected chi connectivity index (χ4v) is 4.17. The van der Waals surface area contributed by atoms with Gasteiger partial charge in [-0.3, -0.25) is 4.79 Å². The standard InChI is InChI=1S/C17H17NO5S/c1-22-15-4-3-5-16(23-2)13(15)10-24(20,21)12-6-7-14-11(8-12)9-17(19)18-14/h3-8H,9-10H2,1-2H3,(H,18,19). The first-order valence-electron chi connectivity index (χ1n) is 7.30. The van der Waals surface area contributed by atoms with E-state index in [-0.39, 0.29) is 23.0 Å². The first-order valence-corrected chi connectivity index (χ1v) is 8.95. The summed E-state index contributed by atoms with van der Waals surface area (Å²) in [5.41, 5.74) is 1.82. The maximum absolute atomic E-state index is 12.8. The average molecular weight is 347 g/mol. The molecule has 0 unspecified atom stereocenters. The summed E-state index contributed by atoms with van der Waals surface area (Å²) >= 11 is 0. The molecule has 2 aromatic rings. The predicted octanol–water partition coefficient (Wildman–Crippen LogP) is 2.17. The molecule has 7 heteroatoms. The van der Waals surface area contributed by atoms with Gasteiger partial charge in [-0.15, -0.1) is 0 Å². The molecule has 0 saturated carbocycles. The number of anilines is 1. The minimum absolute atomic E-state index is 0.133. The fraction of sp³-hybridized carbons (Fsp3) is 0.235. The van der Waals surface area contributed by atoms with Gasteiger partial charge in [-0.2, -0.15) is 0 Å². The number of methoxy groups -OCH3 is 2. The highest BCUT2D eigenvalue weighted by Gasteiger charge is 2.24. The van der Waals surface area contributed by atoms with Crippen LogP contribution in [-0.4, -0.2) is 28.5 Å². The number of carbonyl (C=O) groups excluding carboxylic acids is 1. The number of benzene rings is 2. The van der Waals surface area contributed by atoms with Gasteiger partial charge in [0.25, 0.3) is 0 Å². The van der Waals surface area contributed by atoms with E-state index >= 15 is 0 Å². The Morgan fingerprint density at radius 2 is 1.75 bits per heavy atom. The zero-order valence-electron chi connectivity index (χ0n) is 13.3. The van der Waals surface area contributed by atoms with Gasteiger partial charge >= 0.3 is 0 Å². The molecule has 1 N–H and O–H groups in total. The molecule has 126 valence electrons. The molecule has 1 aliphatic heterocycles. The number of amides is 1. The van der Waals surface area contributed by atoms with Crippen LogP contribution in [0.5, 0.6) is 11.5 Å². The quantitative estimate of drug-likeness (QED) is 0.896. The van der Waals surface area contributed by atoms with Crippen LogP contribution in [0.4, 0.5) is 5.69 Å². The lowest BCUT2D eigenvalue weighted by Gasteiger charge is -2.13. The molecule has 0 saturated heterocycles. The van der Waals surface area contributed by atoms with Crippen molar-refractivity contribution in [1.82, 2.24) is 0 Å². The van der Waals surface area contributed by atoms with Crippen molar-refractivity contribution < 1.29 is 22.7 Å². The van der Waals surface area contributed by atoms with Crippen LogP contribution in [0.2, 0.25) is 0 Å². The Morgan fingerprint density at radius 1 is 1.08 bits per heavy atom. The molecule has 0 aromatic heterocycles. The molecule has 0 bridgehead atoms. The SMILES string of the molecule is COc1cccc(OC)c1CS(=O)(=O)c1ccc2c(c1)CC(=O)N2. The van der Waals surface area contributed by atoms with Crippen molar-refractivity contribution in [2.45, 2.75) is 17.1 Å². The normalized spacial score (nSPS) is 13.3. The Labute approximate surface area is 140 Å². The van der Waals surface area contributed by atoms with E-state index in [2.05, 4.69) is 5.32 Å². The van der Waals surface area contributed by atoms with E-state index in [0.717, 1.165) is 0 Å². The highest BCUT2D eigenvalue weighted by Crippen LogP contribution is 2.33. The smallest absolute Gasteiger partial charge is 0.228 e. The second kappa shape index (κ2) is 6.16. The zero-order valence-corrected chi connectivity index (χ0v) is 14.1. The Bertz CT molecular complexity index is 883. The summed E-state index contributed by atoms with van der Waals surface area (Å²) in [4.78, 5) is 11.6. The number of fused-ring (bicyclic) bond motifs is 1. The minimum Gasteiger partial charge on any atom is -0.496 e. The van der Waals surface area contributed by atoms with Crippen molar-refractivity contribution in [2.75, 3.05) is 19.5 Å². The molecule has 0 radical (unpaired) electrons. The van der Waals surface area contributed by atoms with E-state index in [1.807, 2.05) is 0 Å². The van der Waals surface area contributed by atoms with Crippen LogP contribution in [-0.2, 0) is 26.8 Å².